The molecule has 0 aliphatic rings. The molecule has 1 heterocycles. The molecule has 1 aromatic rings. The zero-order valence-corrected chi connectivity index (χ0v) is 9.79. The number of hydrogen-bond acceptors (Lipinski definition) is 3. The number of pyridine rings is 1. The SMILES string of the molecule is COCC(C)(C)NCCc1ccncc1. The van der Waals surface area contributed by atoms with Crippen molar-refractivity contribution in [3.05, 3.63) is 30.1 Å². The third-order valence-electron chi connectivity index (χ3n) is 2.27. The van der Waals surface area contributed by atoms with Gasteiger partial charge in [-0.25, -0.2) is 0 Å². The fraction of sp³-hybridized carbons (Fsp3) is 0.583. The molecule has 15 heavy (non-hydrogen) atoms. The molecule has 3 heteroatoms. The number of nitrogens with one attached hydrogen (secondary N) is 1. The number of methoxy groups -OCH3 is 1. The van der Waals surface area contributed by atoms with Gasteiger partial charge in [-0.2, -0.15) is 0 Å². The average Bonchev–Trinajstić information content (AvgIpc) is 2.19. The zero-order valence-electron chi connectivity index (χ0n) is 9.79. The van der Waals surface area contributed by atoms with E-state index in [2.05, 4.69) is 24.1 Å². The van der Waals surface area contributed by atoms with E-state index in [-0.39, 0.29) is 5.54 Å². The van der Waals surface area contributed by atoms with E-state index < -0.39 is 0 Å². The lowest BCUT2D eigenvalue weighted by Crippen LogP contribution is -2.44. The van der Waals surface area contributed by atoms with Crippen molar-refractivity contribution in [2.75, 3.05) is 20.3 Å². The van der Waals surface area contributed by atoms with Crippen LogP contribution in [0.5, 0.6) is 0 Å². The van der Waals surface area contributed by atoms with Crippen molar-refractivity contribution < 1.29 is 4.74 Å². The van der Waals surface area contributed by atoms with E-state index in [9.17, 15) is 0 Å². The van der Waals surface area contributed by atoms with Crippen LogP contribution in [-0.2, 0) is 11.2 Å². The molecule has 0 aromatic carbocycles. The monoisotopic (exact) mass is 208 g/mol. The van der Waals surface area contributed by atoms with Crippen LogP contribution in [0.15, 0.2) is 24.5 Å². The van der Waals surface area contributed by atoms with Crippen molar-refractivity contribution in [1.29, 1.82) is 0 Å². The Balaban J connectivity index is 2.27. The van der Waals surface area contributed by atoms with E-state index in [1.165, 1.54) is 5.56 Å². The summed E-state index contributed by atoms with van der Waals surface area (Å²) in [4.78, 5) is 3.99. The Morgan fingerprint density at radius 3 is 2.60 bits per heavy atom. The summed E-state index contributed by atoms with van der Waals surface area (Å²) in [5.41, 5.74) is 1.35. The standard InChI is InChI=1S/C12H20N2O/c1-12(2,10-15-3)14-9-6-11-4-7-13-8-5-11/h4-5,7-8,14H,6,9-10H2,1-3H3. The van der Waals surface area contributed by atoms with Crippen LogP contribution < -0.4 is 5.32 Å². The van der Waals surface area contributed by atoms with Crippen molar-refractivity contribution >= 4 is 0 Å². The topological polar surface area (TPSA) is 34.1 Å². The molecule has 1 N–H and O–H groups in total. The van der Waals surface area contributed by atoms with Crippen molar-refractivity contribution in [2.45, 2.75) is 25.8 Å². The van der Waals surface area contributed by atoms with Gasteiger partial charge in [0.05, 0.1) is 6.61 Å². The minimum absolute atomic E-state index is 0.0434. The molecular formula is C12H20N2O. The van der Waals surface area contributed by atoms with Crippen molar-refractivity contribution in [3.63, 3.8) is 0 Å². The molecule has 3 nitrogen and oxygen atoms in total. The van der Waals surface area contributed by atoms with Gasteiger partial charge in [0, 0.05) is 25.0 Å². The van der Waals surface area contributed by atoms with E-state index >= 15 is 0 Å². The molecule has 0 aliphatic heterocycles. The summed E-state index contributed by atoms with van der Waals surface area (Å²) in [6, 6.07) is 4.09. The third-order valence-corrected chi connectivity index (χ3v) is 2.27. The highest BCUT2D eigenvalue weighted by Crippen LogP contribution is 2.03. The number of aromatic nitrogens is 1. The first kappa shape index (κ1) is 12.1. The Morgan fingerprint density at radius 2 is 2.00 bits per heavy atom. The van der Waals surface area contributed by atoms with E-state index in [0.29, 0.717) is 0 Å². The summed E-state index contributed by atoms with van der Waals surface area (Å²) >= 11 is 0. The summed E-state index contributed by atoms with van der Waals surface area (Å²) < 4.78 is 5.14. The highest BCUT2D eigenvalue weighted by molar-refractivity contribution is 5.09. The molecule has 0 spiro atoms. The minimum atomic E-state index is 0.0434. The van der Waals surface area contributed by atoms with E-state index in [4.69, 9.17) is 4.74 Å². The van der Waals surface area contributed by atoms with E-state index in [1.54, 1.807) is 7.11 Å². The second-order valence-corrected chi connectivity index (χ2v) is 4.35. The second kappa shape index (κ2) is 5.83. The van der Waals surface area contributed by atoms with Gasteiger partial charge in [-0.05, 0) is 44.5 Å². The lowest BCUT2D eigenvalue weighted by Gasteiger charge is -2.25. The molecule has 0 saturated heterocycles. The molecule has 0 atom stereocenters. The fourth-order valence-electron chi connectivity index (χ4n) is 1.51. The van der Waals surface area contributed by atoms with Crippen LogP contribution in [0.25, 0.3) is 0 Å². The summed E-state index contributed by atoms with van der Waals surface area (Å²) in [7, 11) is 1.73. The summed E-state index contributed by atoms with van der Waals surface area (Å²) in [6.07, 6.45) is 4.68. The molecule has 0 saturated carbocycles. The van der Waals surface area contributed by atoms with E-state index in [1.807, 2.05) is 24.5 Å². The first-order chi connectivity index (χ1) is 7.14. The molecule has 0 fully saturated rings. The van der Waals surface area contributed by atoms with Gasteiger partial charge < -0.3 is 10.1 Å². The highest BCUT2D eigenvalue weighted by Gasteiger charge is 2.15. The molecule has 0 amide bonds. The largest absolute Gasteiger partial charge is 0.383 e. The maximum Gasteiger partial charge on any atom is 0.0639 e. The molecule has 84 valence electrons. The molecule has 1 aromatic heterocycles. The summed E-state index contributed by atoms with van der Waals surface area (Å²) in [6.45, 7) is 5.97. The molecule has 1 rings (SSSR count). The van der Waals surface area contributed by atoms with Gasteiger partial charge in [-0.3, -0.25) is 4.98 Å². The van der Waals surface area contributed by atoms with Gasteiger partial charge in [-0.15, -0.1) is 0 Å². The van der Waals surface area contributed by atoms with Crippen molar-refractivity contribution in [2.24, 2.45) is 0 Å². The van der Waals surface area contributed by atoms with Gasteiger partial charge in [0.25, 0.3) is 0 Å². The Labute approximate surface area is 91.9 Å². The molecule has 0 bridgehead atoms. The van der Waals surface area contributed by atoms with E-state index in [0.717, 1.165) is 19.6 Å². The smallest absolute Gasteiger partial charge is 0.0639 e. The van der Waals surface area contributed by atoms with Gasteiger partial charge >= 0.3 is 0 Å². The highest BCUT2D eigenvalue weighted by atomic mass is 16.5. The van der Waals surface area contributed by atoms with Crippen molar-refractivity contribution in [3.8, 4) is 0 Å². The Morgan fingerprint density at radius 1 is 1.33 bits per heavy atom. The fourth-order valence-corrected chi connectivity index (χ4v) is 1.51. The third kappa shape index (κ3) is 4.91. The van der Waals surface area contributed by atoms with Gasteiger partial charge in [0.15, 0.2) is 0 Å². The van der Waals surface area contributed by atoms with Crippen LogP contribution in [0, 0.1) is 0 Å². The normalized spacial score (nSPS) is 11.7. The molecule has 0 unspecified atom stereocenters. The number of rotatable bonds is 6. The van der Waals surface area contributed by atoms with Crippen molar-refractivity contribution in [1.82, 2.24) is 10.3 Å². The lowest BCUT2D eigenvalue weighted by molar-refractivity contribution is 0.129. The van der Waals surface area contributed by atoms with Crippen LogP contribution >= 0.6 is 0 Å². The van der Waals surface area contributed by atoms with Gasteiger partial charge in [0.2, 0.25) is 0 Å². The Kier molecular flexibility index (Phi) is 4.72. The Bertz CT molecular complexity index is 272. The quantitative estimate of drug-likeness (QED) is 0.771. The maximum absolute atomic E-state index is 5.14. The van der Waals surface area contributed by atoms with Crippen LogP contribution in [-0.4, -0.2) is 30.8 Å². The first-order valence-electron chi connectivity index (χ1n) is 5.27. The number of ether oxygens (including phenoxy) is 1. The number of nitrogens with zero attached hydrogens (tertiary/aromatic N) is 1. The molecular weight excluding hydrogens is 188 g/mol. The van der Waals surface area contributed by atoms with Gasteiger partial charge in [0.1, 0.15) is 0 Å². The molecule has 0 radical (unpaired) electrons. The predicted molar refractivity (Wildman–Crippen MR) is 61.9 cm³/mol. The van der Waals surface area contributed by atoms with Crippen LogP contribution in [0.1, 0.15) is 19.4 Å². The maximum atomic E-state index is 5.14. The lowest BCUT2D eigenvalue weighted by atomic mass is 10.1. The van der Waals surface area contributed by atoms with Gasteiger partial charge in [-0.1, -0.05) is 0 Å². The zero-order chi connectivity index (χ0) is 11.1. The number of hydrogen-bond donors (Lipinski definition) is 1. The predicted octanol–water partition coefficient (Wildman–Crippen LogP) is 1.64. The average molecular weight is 208 g/mol. The summed E-state index contributed by atoms with van der Waals surface area (Å²) in [5, 5.41) is 3.46. The summed E-state index contributed by atoms with van der Waals surface area (Å²) in [5.74, 6) is 0. The Hall–Kier alpha value is -0.930. The van der Waals surface area contributed by atoms with Crippen LogP contribution in [0.3, 0.4) is 0 Å². The van der Waals surface area contributed by atoms with Crippen LogP contribution in [0.2, 0.25) is 0 Å². The second-order valence-electron chi connectivity index (χ2n) is 4.35. The minimum Gasteiger partial charge on any atom is -0.383 e. The van der Waals surface area contributed by atoms with Crippen LogP contribution in [0.4, 0.5) is 0 Å². The first-order valence-corrected chi connectivity index (χ1v) is 5.27. The molecule has 0 aliphatic carbocycles.